The molecule has 2 aliphatic heterocycles. The molecule has 1 aromatic carbocycles. The van der Waals surface area contributed by atoms with Crippen LogP contribution in [0, 0.1) is 6.92 Å². The maximum Gasteiger partial charge on any atom is 0.225 e. The van der Waals surface area contributed by atoms with Gasteiger partial charge in [0.05, 0.1) is 0 Å². The minimum Gasteiger partial charge on any atom is -0.356 e. The molecule has 1 aliphatic carbocycles. The van der Waals surface area contributed by atoms with Gasteiger partial charge in [-0.1, -0.05) is 49.9 Å². The van der Waals surface area contributed by atoms with Crippen molar-refractivity contribution in [2.75, 3.05) is 49.5 Å². The van der Waals surface area contributed by atoms with E-state index >= 15 is 0 Å². The molecule has 1 saturated carbocycles. The highest BCUT2D eigenvalue weighted by Gasteiger charge is 2.26. The Bertz CT molecular complexity index is 975. The van der Waals surface area contributed by atoms with E-state index in [0.717, 1.165) is 68.8 Å². The first kappa shape index (κ1) is 28.3. The van der Waals surface area contributed by atoms with E-state index in [1.165, 1.54) is 94.8 Å². The van der Waals surface area contributed by atoms with Crippen molar-refractivity contribution in [1.29, 1.82) is 0 Å². The third kappa shape index (κ3) is 8.89. The molecule has 0 unspecified atom stereocenters. The average Bonchev–Trinajstić information content (AvgIpc) is 2.99. The van der Waals surface area contributed by atoms with Crippen LogP contribution in [0.5, 0.6) is 0 Å². The summed E-state index contributed by atoms with van der Waals surface area (Å²) in [5, 5.41) is 10.8. The van der Waals surface area contributed by atoms with Crippen molar-refractivity contribution in [1.82, 2.24) is 25.5 Å². The maximum absolute atomic E-state index is 4.90. The van der Waals surface area contributed by atoms with Crippen LogP contribution >= 0.6 is 0 Å². The number of aryl methyl sites for hydroxylation is 1. The van der Waals surface area contributed by atoms with Crippen molar-refractivity contribution in [2.24, 2.45) is 0 Å². The lowest BCUT2D eigenvalue weighted by Gasteiger charge is -2.40. The molecule has 3 fully saturated rings. The number of benzene rings is 1. The molecule has 0 radical (unpaired) electrons. The van der Waals surface area contributed by atoms with Crippen LogP contribution in [0.15, 0.2) is 30.3 Å². The first-order valence-electron chi connectivity index (χ1n) is 15.8. The Labute approximate surface area is 236 Å². The van der Waals surface area contributed by atoms with Gasteiger partial charge in [-0.05, 0) is 89.2 Å². The molecule has 5 rings (SSSR count). The number of nitrogens with zero attached hydrogens (tertiary/aromatic N) is 4. The summed E-state index contributed by atoms with van der Waals surface area (Å²) in [6, 6.07) is 12.6. The van der Waals surface area contributed by atoms with Gasteiger partial charge in [0, 0.05) is 50.0 Å². The Balaban J connectivity index is 1.01. The number of hydrogen-bond donors (Lipinski definition) is 3. The Kier molecular flexibility index (Phi) is 10.9. The van der Waals surface area contributed by atoms with E-state index in [-0.39, 0.29) is 0 Å². The van der Waals surface area contributed by atoms with Crippen LogP contribution < -0.4 is 20.9 Å². The molecule has 7 heteroatoms. The maximum atomic E-state index is 4.90. The molecule has 7 nitrogen and oxygen atoms in total. The van der Waals surface area contributed by atoms with E-state index in [2.05, 4.69) is 68.0 Å². The smallest absolute Gasteiger partial charge is 0.225 e. The molecular formula is C32H51N7. The van der Waals surface area contributed by atoms with Gasteiger partial charge in [-0.25, -0.2) is 4.98 Å². The molecule has 1 aromatic heterocycles. The Morgan fingerprint density at radius 1 is 0.769 bits per heavy atom. The van der Waals surface area contributed by atoms with E-state index in [9.17, 15) is 0 Å². The monoisotopic (exact) mass is 533 g/mol. The predicted molar refractivity (Wildman–Crippen MR) is 162 cm³/mol. The van der Waals surface area contributed by atoms with Gasteiger partial charge in [-0.2, -0.15) is 4.98 Å². The number of piperidine rings is 2. The van der Waals surface area contributed by atoms with E-state index < -0.39 is 0 Å². The van der Waals surface area contributed by atoms with Crippen LogP contribution in [0.2, 0.25) is 0 Å². The van der Waals surface area contributed by atoms with Crippen molar-refractivity contribution >= 4 is 11.8 Å². The minimum atomic E-state index is 0.732. The number of likely N-dealkylation sites (tertiary alicyclic amines) is 1. The summed E-state index contributed by atoms with van der Waals surface area (Å²) in [7, 11) is 0. The van der Waals surface area contributed by atoms with Crippen molar-refractivity contribution in [3.05, 3.63) is 47.2 Å². The van der Waals surface area contributed by atoms with E-state index in [4.69, 9.17) is 4.98 Å². The number of hydrogen-bond acceptors (Lipinski definition) is 7. The van der Waals surface area contributed by atoms with Gasteiger partial charge in [-0.3, -0.25) is 0 Å². The van der Waals surface area contributed by atoms with Gasteiger partial charge >= 0.3 is 0 Å². The summed E-state index contributed by atoms with van der Waals surface area (Å²) in [5.41, 5.74) is 3.61. The highest BCUT2D eigenvalue weighted by molar-refractivity contribution is 5.45. The molecule has 0 bridgehead atoms. The SMILES string of the molecule is Cc1cc(N2CCC(N3CCCCC3)CC2)nc(NCc2ccc(CNCCCNC3CCCCC3)cc2)n1. The second-order valence-corrected chi connectivity index (χ2v) is 12.0. The van der Waals surface area contributed by atoms with Gasteiger partial charge in [-0.15, -0.1) is 0 Å². The molecule has 3 aliphatic rings. The minimum absolute atomic E-state index is 0.732. The van der Waals surface area contributed by atoms with Gasteiger partial charge in [0.15, 0.2) is 0 Å². The van der Waals surface area contributed by atoms with Gasteiger partial charge in [0.1, 0.15) is 5.82 Å². The summed E-state index contributed by atoms with van der Waals surface area (Å²) in [6.07, 6.45) is 14.8. The number of nitrogens with one attached hydrogen (secondary N) is 3. The van der Waals surface area contributed by atoms with E-state index in [1.807, 2.05) is 0 Å². The lowest BCUT2D eigenvalue weighted by Crippen LogP contribution is -2.47. The second kappa shape index (κ2) is 15.0. The predicted octanol–water partition coefficient (Wildman–Crippen LogP) is 5.25. The topological polar surface area (TPSA) is 68.3 Å². The van der Waals surface area contributed by atoms with Crippen LogP contribution in [0.3, 0.4) is 0 Å². The summed E-state index contributed by atoms with van der Waals surface area (Å²) < 4.78 is 0. The zero-order chi connectivity index (χ0) is 26.7. The van der Waals surface area contributed by atoms with E-state index in [0.29, 0.717) is 0 Å². The first-order chi connectivity index (χ1) is 19.2. The summed E-state index contributed by atoms with van der Waals surface area (Å²) >= 11 is 0. The fourth-order valence-corrected chi connectivity index (χ4v) is 6.55. The third-order valence-electron chi connectivity index (χ3n) is 8.91. The standard InChI is InChI=1S/C32H51N7/c1-26-23-31(39-21-15-30(16-22-39)38-19-6-3-7-20-38)37-32(36-26)35-25-28-13-11-27(12-14-28)24-33-17-8-18-34-29-9-4-2-5-10-29/h11-14,23,29-30,33-34H,2-10,15-22,24-25H2,1H3,(H,35,36,37). The molecular weight excluding hydrogens is 482 g/mol. The van der Waals surface area contributed by atoms with Crippen molar-refractivity contribution < 1.29 is 0 Å². The summed E-state index contributed by atoms with van der Waals surface area (Å²) in [5.74, 6) is 1.80. The van der Waals surface area contributed by atoms with Gasteiger partial charge in [0.2, 0.25) is 5.95 Å². The van der Waals surface area contributed by atoms with Crippen LogP contribution in [0.4, 0.5) is 11.8 Å². The van der Waals surface area contributed by atoms with Crippen molar-refractivity contribution in [2.45, 2.75) is 103 Å². The lowest BCUT2D eigenvalue weighted by atomic mass is 9.95. The van der Waals surface area contributed by atoms with Crippen LogP contribution in [0.25, 0.3) is 0 Å². The molecule has 2 aromatic rings. The summed E-state index contributed by atoms with van der Waals surface area (Å²) in [4.78, 5) is 14.8. The Hall–Kier alpha value is -2.22. The third-order valence-corrected chi connectivity index (χ3v) is 8.91. The Morgan fingerprint density at radius 3 is 2.21 bits per heavy atom. The summed E-state index contributed by atoms with van der Waals surface area (Å²) in [6.45, 7) is 10.7. The lowest BCUT2D eigenvalue weighted by molar-refractivity contribution is 0.141. The van der Waals surface area contributed by atoms with Crippen LogP contribution in [0.1, 0.15) is 87.4 Å². The van der Waals surface area contributed by atoms with Crippen LogP contribution in [-0.4, -0.2) is 66.2 Å². The van der Waals surface area contributed by atoms with Gasteiger partial charge < -0.3 is 25.8 Å². The largest absolute Gasteiger partial charge is 0.356 e. The Morgan fingerprint density at radius 2 is 1.46 bits per heavy atom. The molecule has 0 amide bonds. The van der Waals surface area contributed by atoms with Gasteiger partial charge in [0.25, 0.3) is 0 Å². The highest BCUT2D eigenvalue weighted by atomic mass is 15.3. The normalized spacial score (nSPS) is 19.9. The van der Waals surface area contributed by atoms with Crippen molar-refractivity contribution in [3.8, 4) is 0 Å². The van der Waals surface area contributed by atoms with Crippen molar-refractivity contribution in [3.63, 3.8) is 0 Å². The average molecular weight is 534 g/mol. The molecule has 0 atom stereocenters. The molecule has 39 heavy (non-hydrogen) atoms. The highest BCUT2D eigenvalue weighted by Crippen LogP contribution is 2.25. The molecule has 0 spiro atoms. The zero-order valence-corrected chi connectivity index (χ0v) is 24.3. The van der Waals surface area contributed by atoms with E-state index in [1.54, 1.807) is 0 Å². The molecule has 3 N–H and O–H groups in total. The first-order valence-corrected chi connectivity index (χ1v) is 15.8. The quantitative estimate of drug-likeness (QED) is 0.322. The zero-order valence-electron chi connectivity index (χ0n) is 24.3. The fourth-order valence-electron chi connectivity index (χ4n) is 6.55. The second-order valence-electron chi connectivity index (χ2n) is 12.0. The molecule has 2 saturated heterocycles. The number of aromatic nitrogens is 2. The number of anilines is 2. The van der Waals surface area contributed by atoms with Crippen LogP contribution in [-0.2, 0) is 13.1 Å². The molecule has 3 heterocycles. The number of rotatable bonds is 12. The molecule has 214 valence electrons. The fraction of sp³-hybridized carbons (Fsp3) is 0.688.